The van der Waals surface area contributed by atoms with Crippen molar-refractivity contribution in [3.63, 3.8) is 0 Å². The van der Waals surface area contributed by atoms with Crippen LogP contribution >= 0.6 is 11.3 Å². The van der Waals surface area contributed by atoms with Crippen molar-refractivity contribution in [1.29, 1.82) is 0 Å². The minimum absolute atomic E-state index is 0.00430. The number of hydrogen-bond acceptors (Lipinski definition) is 4. The summed E-state index contributed by atoms with van der Waals surface area (Å²) < 4.78 is 0. The molecule has 0 aliphatic carbocycles. The van der Waals surface area contributed by atoms with Crippen molar-refractivity contribution in [3.8, 4) is 0 Å². The highest BCUT2D eigenvalue weighted by Gasteiger charge is 2.16. The summed E-state index contributed by atoms with van der Waals surface area (Å²) in [6.07, 6.45) is 1.79. The summed E-state index contributed by atoms with van der Waals surface area (Å²) in [5, 5.41) is 9.14. The maximum absolute atomic E-state index is 12.4. The highest BCUT2D eigenvalue weighted by Crippen LogP contribution is 2.27. The number of thiophene rings is 1. The monoisotopic (exact) mass is 325 g/mol. The molecule has 0 saturated carbocycles. The Morgan fingerprint density at radius 3 is 2.78 bits per heavy atom. The molecule has 1 amide bonds. The Hall–Kier alpha value is -2.40. The molecule has 5 heteroatoms. The molecule has 23 heavy (non-hydrogen) atoms. The van der Waals surface area contributed by atoms with E-state index in [2.05, 4.69) is 10.3 Å². The fraction of sp³-hybridized carbons (Fsp3) is 0.222. The van der Waals surface area contributed by atoms with E-state index in [1.807, 2.05) is 67.0 Å². The number of benzene rings is 1. The van der Waals surface area contributed by atoms with Gasteiger partial charge >= 0.3 is 0 Å². The van der Waals surface area contributed by atoms with E-state index in [9.17, 15) is 4.79 Å². The van der Waals surface area contributed by atoms with E-state index in [1.165, 1.54) is 0 Å². The molecule has 3 aromatic rings. The summed E-state index contributed by atoms with van der Waals surface area (Å²) in [6.45, 7) is 1.92. The fourth-order valence-corrected chi connectivity index (χ4v) is 3.27. The van der Waals surface area contributed by atoms with Gasteiger partial charge < -0.3 is 10.2 Å². The van der Waals surface area contributed by atoms with Gasteiger partial charge in [0, 0.05) is 31.4 Å². The minimum atomic E-state index is -0.160. The number of rotatable bonds is 4. The van der Waals surface area contributed by atoms with E-state index in [0.29, 0.717) is 0 Å². The summed E-state index contributed by atoms with van der Waals surface area (Å²) in [5.74, 6) is 0.767. The molecule has 0 fully saturated rings. The fourth-order valence-electron chi connectivity index (χ4n) is 2.52. The van der Waals surface area contributed by atoms with Gasteiger partial charge in [-0.25, -0.2) is 4.98 Å². The third kappa shape index (κ3) is 3.19. The van der Waals surface area contributed by atoms with Crippen molar-refractivity contribution in [3.05, 3.63) is 52.9 Å². The first kappa shape index (κ1) is 15.5. The largest absolute Gasteiger partial charge is 0.362 e. The topological polar surface area (TPSA) is 45.2 Å². The van der Waals surface area contributed by atoms with Crippen LogP contribution in [0.2, 0.25) is 0 Å². The van der Waals surface area contributed by atoms with Crippen LogP contribution < -0.4 is 10.2 Å². The number of carbonyl (C=O) groups is 1. The molecule has 0 aliphatic heterocycles. The second-order valence-electron chi connectivity index (χ2n) is 5.73. The first-order chi connectivity index (χ1) is 11.1. The number of hydrogen-bond donors (Lipinski definition) is 1. The van der Waals surface area contributed by atoms with E-state index in [4.69, 9.17) is 0 Å². The van der Waals surface area contributed by atoms with E-state index in [-0.39, 0.29) is 11.8 Å². The van der Waals surface area contributed by atoms with Gasteiger partial charge in [-0.3, -0.25) is 4.79 Å². The molecule has 0 aliphatic rings. The van der Waals surface area contributed by atoms with Crippen LogP contribution in [0.1, 0.15) is 18.4 Å². The first-order valence-corrected chi connectivity index (χ1v) is 8.39. The third-order valence-electron chi connectivity index (χ3n) is 3.87. The van der Waals surface area contributed by atoms with Crippen molar-refractivity contribution in [2.45, 2.75) is 12.8 Å². The van der Waals surface area contributed by atoms with E-state index in [0.717, 1.165) is 27.8 Å². The van der Waals surface area contributed by atoms with E-state index in [1.54, 1.807) is 17.5 Å². The molecule has 1 aromatic carbocycles. The van der Waals surface area contributed by atoms with Crippen LogP contribution in [0, 0.1) is 0 Å². The molecule has 0 spiro atoms. The van der Waals surface area contributed by atoms with Gasteiger partial charge in [0.05, 0.1) is 5.92 Å². The molecule has 1 N–H and O–H groups in total. The maximum Gasteiger partial charge on any atom is 0.231 e. The quantitative estimate of drug-likeness (QED) is 0.785. The number of nitrogens with zero attached hydrogens (tertiary/aromatic N) is 2. The van der Waals surface area contributed by atoms with Gasteiger partial charge in [-0.05, 0) is 59.0 Å². The SMILES string of the molecule is CC(C(=O)Nc1ccc2c(N(C)C)nccc2c1)c1ccsc1. The van der Waals surface area contributed by atoms with Gasteiger partial charge in [0.1, 0.15) is 5.82 Å². The molecule has 118 valence electrons. The van der Waals surface area contributed by atoms with Gasteiger partial charge in [0.25, 0.3) is 0 Å². The predicted octanol–water partition coefficient (Wildman–Crippen LogP) is 4.10. The first-order valence-electron chi connectivity index (χ1n) is 7.45. The van der Waals surface area contributed by atoms with Crippen LogP contribution in [-0.2, 0) is 4.79 Å². The maximum atomic E-state index is 12.4. The molecule has 0 radical (unpaired) electrons. The normalized spacial score (nSPS) is 12.1. The zero-order valence-corrected chi connectivity index (χ0v) is 14.2. The Bertz CT molecular complexity index is 827. The van der Waals surface area contributed by atoms with Crippen molar-refractivity contribution in [2.24, 2.45) is 0 Å². The molecule has 0 bridgehead atoms. The number of pyridine rings is 1. The average Bonchev–Trinajstić information content (AvgIpc) is 3.07. The highest BCUT2D eigenvalue weighted by atomic mass is 32.1. The Balaban J connectivity index is 1.85. The average molecular weight is 325 g/mol. The predicted molar refractivity (Wildman–Crippen MR) is 97.4 cm³/mol. The number of anilines is 2. The number of nitrogens with one attached hydrogen (secondary N) is 1. The lowest BCUT2D eigenvalue weighted by molar-refractivity contribution is -0.117. The summed E-state index contributed by atoms with van der Waals surface area (Å²) in [6, 6.07) is 9.87. The molecule has 2 aromatic heterocycles. The Morgan fingerprint density at radius 1 is 1.26 bits per heavy atom. The van der Waals surface area contributed by atoms with Crippen LogP contribution in [0.25, 0.3) is 10.8 Å². The molecular formula is C18H19N3OS. The van der Waals surface area contributed by atoms with Gasteiger partial charge in [0.2, 0.25) is 5.91 Å². The second-order valence-corrected chi connectivity index (χ2v) is 6.51. The molecule has 4 nitrogen and oxygen atoms in total. The van der Waals surface area contributed by atoms with Crippen LogP contribution in [-0.4, -0.2) is 25.0 Å². The van der Waals surface area contributed by atoms with Crippen molar-refractivity contribution in [2.75, 3.05) is 24.3 Å². The number of aromatic nitrogens is 1. The zero-order valence-electron chi connectivity index (χ0n) is 13.4. The van der Waals surface area contributed by atoms with Gasteiger partial charge in [-0.15, -0.1) is 0 Å². The number of fused-ring (bicyclic) bond motifs is 1. The summed E-state index contributed by atoms with van der Waals surface area (Å²) in [4.78, 5) is 18.8. The summed E-state index contributed by atoms with van der Waals surface area (Å²) in [5.41, 5.74) is 1.85. The van der Waals surface area contributed by atoms with Gasteiger partial charge in [-0.2, -0.15) is 11.3 Å². The molecule has 0 saturated heterocycles. The van der Waals surface area contributed by atoms with Gasteiger partial charge in [0.15, 0.2) is 0 Å². The molecular weight excluding hydrogens is 306 g/mol. The standard InChI is InChI=1S/C18H19N3OS/c1-12(14-7-9-23-11-14)18(22)20-15-4-5-16-13(10-15)6-8-19-17(16)21(2)3/h4-12H,1-3H3,(H,20,22). The molecule has 3 rings (SSSR count). The summed E-state index contributed by atoms with van der Waals surface area (Å²) >= 11 is 1.61. The Kier molecular flexibility index (Phi) is 4.30. The third-order valence-corrected chi connectivity index (χ3v) is 4.57. The smallest absolute Gasteiger partial charge is 0.231 e. The number of amides is 1. The lowest BCUT2D eigenvalue weighted by Crippen LogP contribution is -2.18. The molecule has 2 heterocycles. The van der Waals surface area contributed by atoms with Crippen LogP contribution in [0.5, 0.6) is 0 Å². The molecule has 1 atom stereocenters. The van der Waals surface area contributed by atoms with Crippen molar-refractivity contribution >= 4 is 39.5 Å². The van der Waals surface area contributed by atoms with Gasteiger partial charge in [-0.1, -0.05) is 0 Å². The Morgan fingerprint density at radius 2 is 2.09 bits per heavy atom. The van der Waals surface area contributed by atoms with Crippen molar-refractivity contribution < 1.29 is 4.79 Å². The highest BCUT2D eigenvalue weighted by molar-refractivity contribution is 7.08. The number of carbonyl (C=O) groups excluding carboxylic acids is 1. The second kappa shape index (κ2) is 6.38. The van der Waals surface area contributed by atoms with Crippen LogP contribution in [0.4, 0.5) is 11.5 Å². The summed E-state index contributed by atoms with van der Waals surface area (Å²) in [7, 11) is 3.94. The van der Waals surface area contributed by atoms with Crippen molar-refractivity contribution in [1.82, 2.24) is 4.98 Å². The molecule has 1 unspecified atom stereocenters. The lowest BCUT2D eigenvalue weighted by Gasteiger charge is -2.15. The zero-order chi connectivity index (χ0) is 16.4. The van der Waals surface area contributed by atoms with Crippen LogP contribution in [0.3, 0.4) is 0 Å². The lowest BCUT2D eigenvalue weighted by atomic mass is 10.0. The Labute approximate surface area is 139 Å². The van der Waals surface area contributed by atoms with E-state index < -0.39 is 0 Å². The van der Waals surface area contributed by atoms with Crippen LogP contribution in [0.15, 0.2) is 47.3 Å². The van der Waals surface area contributed by atoms with E-state index >= 15 is 0 Å². The minimum Gasteiger partial charge on any atom is -0.362 e.